The molecule has 0 saturated carbocycles. The number of aliphatic imine (C=N–C) groups is 1. The topological polar surface area (TPSA) is 106 Å². The number of ether oxygens (including phenoxy) is 1. The zero-order valence-electron chi connectivity index (χ0n) is 15.7. The number of nitrogens with zero attached hydrogens (tertiary/aromatic N) is 3. The molecule has 0 fully saturated rings. The first-order valence-corrected chi connectivity index (χ1v) is 8.38. The first-order chi connectivity index (χ1) is 13.0. The third-order valence-electron chi connectivity index (χ3n) is 4.41. The Morgan fingerprint density at radius 3 is 2.74 bits per heavy atom. The first kappa shape index (κ1) is 18.3. The van der Waals surface area contributed by atoms with Gasteiger partial charge in [0, 0.05) is 41.5 Å². The van der Waals surface area contributed by atoms with E-state index in [-0.39, 0.29) is 5.78 Å². The smallest absolute Gasteiger partial charge is 0.162 e. The molecule has 0 atom stereocenters. The number of Topliss-reactive ketones (excluding diaryl/α,β-unsaturated/α-hetero) is 1. The Balaban J connectivity index is 2.18. The number of hydrogen-bond acceptors (Lipinski definition) is 6. The molecule has 3 rings (SSSR count). The Morgan fingerprint density at radius 1 is 1.33 bits per heavy atom. The van der Waals surface area contributed by atoms with Gasteiger partial charge < -0.3 is 15.6 Å². The maximum Gasteiger partial charge on any atom is 0.162 e. The summed E-state index contributed by atoms with van der Waals surface area (Å²) in [5.74, 6) is 6.08. The second-order valence-corrected chi connectivity index (χ2v) is 6.10. The van der Waals surface area contributed by atoms with Crippen LogP contribution in [0.1, 0.15) is 28.5 Å². The van der Waals surface area contributed by atoms with Crippen LogP contribution in [0, 0.1) is 6.92 Å². The molecule has 2 heterocycles. The van der Waals surface area contributed by atoms with Crippen LogP contribution < -0.4 is 10.6 Å². The zero-order valence-corrected chi connectivity index (χ0v) is 15.7. The number of pyridine rings is 1. The number of rotatable bonds is 5. The molecule has 0 saturated heterocycles. The van der Waals surface area contributed by atoms with Gasteiger partial charge in [0.1, 0.15) is 11.5 Å². The van der Waals surface area contributed by atoms with Crippen molar-refractivity contribution in [2.24, 2.45) is 15.9 Å². The lowest BCUT2D eigenvalue weighted by Gasteiger charge is -2.09. The summed E-state index contributed by atoms with van der Waals surface area (Å²) in [7, 11) is 3.26. The first-order valence-electron chi connectivity index (χ1n) is 8.38. The normalized spacial score (nSPS) is 12.1. The molecule has 2 aromatic heterocycles. The SMILES string of the molecule is CN=CC(=NN)c1ccc(-c2cc3c(C(C)=O)cnc(C)c3[nH]2)c(OC)c1. The second kappa shape index (κ2) is 7.41. The second-order valence-electron chi connectivity index (χ2n) is 6.10. The van der Waals surface area contributed by atoms with Crippen molar-refractivity contribution in [3.8, 4) is 17.0 Å². The van der Waals surface area contributed by atoms with E-state index in [9.17, 15) is 4.79 Å². The molecule has 0 radical (unpaired) electrons. The maximum atomic E-state index is 11.9. The van der Waals surface area contributed by atoms with Gasteiger partial charge in [-0.05, 0) is 32.0 Å². The lowest BCUT2D eigenvalue weighted by atomic mass is 10.0. The molecule has 7 heteroatoms. The molecule has 0 spiro atoms. The third kappa shape index (κ3) is 3.31. The van der Waals surface area contributed by atoms with E-state index in [1.54, 1.807) is 26.6 Å². The van der Waals surface area contributed by atoms with E-state index in [1.165, 1.54) is 6.92 Å². The number of carbonyl (C=O) groups excluding carboxylic acids is 1. The van der Waals surface area contributed by atoms with Gasteiger partial charge in [-0.2, -0.15) is 5.10 Å². The Bertz CT molecular complexity index is 1080. The van der Waals surface area contributed by atoms with Crippen LogP contribution in [0.25, 0.3) is 22.2 Å². The highest BCUT2D eigenvalue weighted by Gasteiger charge is 2.16. The number of hydrazone groups is 1. The van der Waals surface area contributed by atoms with Crippen LogP contribution in [-0.2, 0) is 0 Å². The predicted molar refractivity (Wildman–Crippen MR) is 108 cm³/mol. The van der Waals surface area contributed by atoms with Gasteiger partial charge in [0.15, 0.2) is 5.78 Å². The zero-order chi connectivity index (χ0) is 19.6. The fraction of sp³-hybridized carbons (Fsp3) is 0.200. The third-order valence-corrected chi connectivity index (χ3v) is 4.41. The highest BCUT2D eigenvalue weighted by atomic mass is 16.5. The van der Waals surface area contributed by atoms with Crippen molar-refractivity contribution < 1.29 is 9.53 Å². The number of carbonyl (C=O) groups is 1. The fourth-order valence-electron chi connectivity index (χ4n) is 3.05. The molecule has 3 aromatic rings. The molecular weight excluding hydrogens is 342 g/mol. The van der Waals surface area contributed by atoms with Crippen LogP contribution in [0.15, 0.2) is 40.6 Å². The number of aryl methyl sites for hydroxylation is 1. The molecule has 3 N–H and O–H groups in total. The highest BCUT2D eigenvalue weighted by Crippen LogP contribution is 2.34. The van der Waals surface area contributed by atoms with Gasteiger partial charge in [-0.15, -0.1) is 0 Å². The van der Waals surface area contributed by atoms with E-state index in [0.717, 1.165) is 33.4 Å². The van der Waals surface area contributed by atoms with Crippen LogP contribution >= 0.6 is 0 Å². The van der Waals surface area contributed by atoms with Crippen LogP contribution in [-0.4, -0.2) is 41.8 Å². The summed E-state index contributed by atoms with van der Waals surface area (Å²) in [6.45, 7) is 3.44. The predicted octanol–water partition coefficient (Wildman–Crippen LogP) is 3.11. The lowest BCUT2D eigenvalue weighted by Crippen LogP contribution is -2.06. The average molecular weight is 363 g/mol. The van der Waals surface area contributed by atoms with Crippen LogP contribution in [0.5, 0.6) is 5.75 Å². The number of fused-ring (bicyclic) bond motifs is 1. The molecule has 0 aliphatic carbocycles. The molecule has 0 bridgehead atoms. The molecule has 0 aliphatic heterocycles. The molecule has 1 aromatic carbocycles. The molecule has 27 heavy (non-hydrogen) atoms. The number of benzene rings is 1. The van der Waals surface area contributed by atoms with Gasteiger partial charge in [-0.25, -0.2) is 0 Å². The number of ketones is 1. The molecule has 138 valence electrons. The number of hydrogen-bond donors (Lipinski definition) is 2. The summed E-state index contributed by atoms with van der Waals surface area (Å²) >= 11 is 0. The minimum absolute atomic E-state index is 0.0250. The quantitative estimate of drug-likeness (QED) is 0.314. The minimum atomic E-state index is -0.0250. The molecular formula is C20H21N5O2. The number of nitrogens with one attached hydrogen (secondary N) is 1. The van der Waals surface area contributed by atoms with Gasteiger partial charge in [-0.3, -0.25) is 14.8 Å². The van der Waals surface area contributed by atoms with E-state index in [2.05, 4.69) is 20.1 Å². The molecule has 0 amide bonds. The Labute approximate surface area is 157 Å². The van der Waals surface area contributed by atoms with E-state index < -0.39 is 0 Å². The number of nitrogens with two attached hydrogens (primary N) is 1. The van der Waals surface area contributed by atoms with Crippen molar-refractivity contribution in [1.29, 1.82) is 0 Å². The molecule has 0 aliphatic rings. The van der Waals surface area contributed by atoms with E-state index >= 15 is 0 Å². The summed E-state index contributed by atoms with van der Waals surface area (Å²) in [4.78, 5) is 23.6. The van der Waals surface area contributed by atoms with Crippen molar-refractivity contribution >= 4 is 28.6 Å². The monoisotopic (exact) mass is 363 g/mol. The number of aromatic amines is 1. The molecule has 0 unspecified atom stereocenters. The van der Waals surface area contributed by atoms with Gasteiger partial charge in [0.2, 0.25) is 0 Å². The van der Waals surface area contributed by atoms with E-state index in [1.807, 2.05) is 31.2 Å². The number of H-pyrrole nitrogens is 1. The van der Waals surface area contributed by atoms with Gasteiger partial charge in [-0.1, -0.05) is 6.07 Å². The molecule has 7 nitrogen and oxygen atoms in total. The summed E-state index contributed by atoms with van der Waals surface area (Å²) in [6.07, 6.45) is 3.21. The van der Waals surface area contributed by atoms with Crippen molar-refractivity contribution in [2.45, 2.75) is 13.8 Å². The standard InChI is InChI=1S/C20H21N5O2/c1-11-20-15(16(9-23-11)12(2)26)8-17(24-20)14-6-5-13(7-19(14)27-4)18(25-21)10-22-3/h5-10,24H,21H2,1-4H3. The van der Waals surface area contributed by atoms with E-state index in [0.29, 0.717) is 17.0 Å². The summed E-state index contributed by atoms with van der Waals surface area (Å²) in [6, 6.07) is 7.62. The van der Waals surface area contributed by atoms with Crippen LogP contribution in [0.4, 0.5) is 0 Å². The summed E-state index contributed by atoms with van der Waals surface area (Å²) in [5, 5.41) is 4.61. The van der Waals surface area contributed by atoms with Gasteiger partial charge in [0.25, 0.3) is 0 Å². The Hall–Kier alpha value is -3.48. The van der Waals surface area contributed by atoms with Gasteiger partial charge in [0.05, 0.1) is 24.0 Å². The summed E-state index contributed by atoms with van der Waals surface area (Å²) < 4.78 is 5.57. The van der Waals surface area contributed by atoms with Crippen LogP contribution in [0.3, 0.4) is 0 Å². The Morgan fingerprint density at radius 2 is 2.11 bits per heavy atom. The largest absolute Gasteiger partial charge is 0.496 e. The van der Waals surface area contributed by atoms with E-state index in [4.69, 9.17) is 10.6 Å². The minimum Gasteiger partial charge on any atom is -0.496 e. The van der Waals surface area contributed by atoms with Crippen molar-refractivity contribution in [3.05, 3.63) is 47.3 Å². The fourth-order valence-corrected chi connectivity index (χ4v) is 3.05. The average Bonchev–Trinajstić information content (AvgIpc) is 3.11. The maximum absolute atomic E-state index is 11.9. The number of aromatic nitrogens is 2. The Kier molecular flexibility index (Phi) is 5.03. The van der Waals surface area contributed by atoms with Crippen molar-refractivity contribution in [1.82, 2.24) is 9.97 Å². The van der Waals surface area contributed by atoms with Crippen molar-refractivity contribution in [3.63, 3.8) is 0 Å². The summed E-state index contributed by atoms with van der Waals surface area (Å²) in [5.41, 5.74) is 5.30. The van der Waals surface area contributed by atoms with Crippen molar-refractivity contribution in [2.75, 3.05) is 14.2 Å². The number of methoxy groups -OCH3 is 1. The highest BCUT2D eigenvalue weighted by molar-refractivity contribution is 6.38. The lowest BCUT2D eigenvalue weighted by molar-refractivity contribution is 0.101. The van der Waals surface area contributed by atoms with Gasteiger partial charge >= 0.3 is 0 Å². The van der Waals surface area contributed by atoms with Crippen LogP contribution in [0.2, 0.25) is 0 Å².